The van der Waals surface area contributed by atoms with Gasteiger partial charge in [0.15, 0.2) is 0 Å². The fourth-order valence-electron chi connectivity index (χ4n) is 3.19. The van der Waals surface area contributed by atoms with Gasteiger partial charge in [0.2, 0.25) is 0 Å². The summed E-state index contributed by atoms with van der Waals surface area (Å²) < 4.78 is 7.36. The van der Waals surface area contributed by atoms with E-state index in [4.69, 9.17) is 4.74 Å². The molecule has 6 nitrogen and oxygen atoms in total. The second-order valence-electron chi connectivity index (χ2n) is 6.54. The number of hydrogen-bond acceptors (Lipinski definition) is 4. The maximum Gasteiger partial charge on any atom is 0.273 e. The zero-order valence-electron chi connectivity index (χ0n) is 15.2. The van der Waals surface area contributed by atoms with Crippen molar-refractivity contribution >= 4 is 11.6 Å². The molecule has 3 aromatic rings. The molecule has 0 radical (unpaired) electrons. The molecule has 0 spiro atoms. The number of carbonyl (C=O) groups is 1. The summed E-state index contributed by atoms with van der Waals surface area (Å²) in [6, 6.07) is 19.4. The molecule has 1 fully saturated rings. The van der Waals surface area contributed by atoms with Crippen molar-refractivity contribution in [1.82, 2.24) is 15.1 Å². The Morgan fingerprint density at radius 3 is 2.67 bits per heavy atom. The predicted molar refractivity (Wildman–Crippen MR) is 105 cm³/mol. The molecule has 1 aliphatic heterocycles. The lowest BCUT2D eigenvalue weighted by atomic mass is 10.1. The van der Waals surface area contributed by atoms with Crippen LogP contribution in [-0.2, 0) is 11.8 Å². The van der Waals surface area contributed by atoms with Crippen LogP contribution < -0.4 is 10.6 Å². The SMILES string of the molecule is Cn1nc(-c2ccccc2)cc1C(=O)Nc1ccc(C2CNCCO2)cc1. The van der Waals surface area contributed by atoms with Crippen LogP contribution in [0.2, 0.25) is 0 Å². The van der Waals surface area contributed by atoms with Crippen molar-refractivity contribution < 1.29 is 9.53 Å². The molecule has 0 bridgehead atoms. The molecule has 2 heterocycles. The van der Waals surface area contributed by atoms with E-state index < -0.39 is 0 Å². The monoisotopic (exact) mass is 362 g/mol. The molecule has 1 atom stereocenters. The Labute approximate surface area is 158 Å². The van der Waals surface area contributed by atoms with Crippen LogP contribution in [0.4, 0.5) is 5.69 Å². The minimum absolute atomic E-state index is 0.0639. The third kappa shape index (κ3) is 3.92. The number of aromatic nitrogens is 2. The first-order valence-corrected chi connectivity index (χ1v) is 9.04. The lowest BCUT2D eigenvalue weighted by Crippen LogP contribution is -2.33. The van der Waals surface area contributed by atoms with Gasteiger partial charge in [0, 0.05) is 31.4 Å². The third-order valence-electron chi connectivity index (χ3n) is 4.65. The van der Waals surface area contributed by atoms with Crippen LogP contribution in [-0.4, -0.2) is 35.4 Å². The molecule has 4 rings (SSSR count). The molecule has 1 saturated heterocycles. The molecule has 138 valence electrons. The fraction of sp³-hybridized carbons (Fsp3) is 0.238. The van der Waals surface area contributed by atoms with Crippen LogP contribution >= 0.6 is 0 Å². The molecule has 2 N–H and O–H groups in total. The van der Waals surface area contributed by atoms with Gasteiger partial charge in [0.05, 0.1) is 18.4 Å². The Hall–Kier alpha value is -2.96. The minimum Gasteiger partial charge on any atom is -0.371 e. The maximum atomic E-state index is 12.7. The van der Waals surface area contributed by atoms with E-state index in [1.807, 2.05) is 54.6 Å². The van der Waals surface area contributed by atoms with Crippen LogP contribution in [0.5, 0.6) is 0 Å². The molecule has 2 aromatic carbocycles. The Balaban J connectivity index is 1.47. The molecule has 1 aliphatic rings. The summed E-state index contributed by atoms with van der Waals surface area (Å²) in [7, 11) is 1.78. The Bertz CT molecular complexity index is 913. The number of benzene rings is 2. The smallest absolute Gasteiger partial charge is 0.273 e. The zero-order valence-corrected chi connectivity index (χ0v) is 15.2. The van der Waals surface area contributed by atoms with E-state index in [2.05, 4.69) is 15.7 Å². The normalized spacial score (nSPS) is 16.9. The molecule has 6 heteroatoms. The molecule has 0 aliphatic carbocycles. The molecule has 27 heavy (non-hydrogen) atoms. The van der Waals surface area contributed by atoms with Crippen molar-refractivity contribution in [3.63, 3.8) is 0 Å². The average Bonchev–Trinajstić information content (AvgIpc) is 3.12. The molecule has 1 amide bonds. The van der Waals surface area contributed by atoms with Gasteiger partial charge in [-0.15, -0.1) is 0 Å². The van der Waals surface area contributed by atoms with Gasteiger partial charge in [-0.3, -0.25) is 9.48 Å². The molecule has 1 aromatic heterocycles. The van der Waals surface area contributed by atoms with E-state index in [9.17, 15) is 4.79 Å². The number of hydrogen-bond donors (Lipinski definition) is 2. The largest absolute Gasteiger partial charge is 0.371 e. The Morgan fingerprint density at radius 1 is 1.19 bits per heavy atom. The topological polar surface area (TPSA) is 68.2 Å². The van der Waals surface area contributed by atoms with Gasteiger partial charge < -0.3 is 15.4 Å². The highest BCUT2D eigenvalue weighted by atomic mass is 16.5. The highest BCUT2D eigenvalue weighted by Crippen LogP contribution is 2.22. The van der Waals surface area contributed by atoms with Crippen LogP contribution in [0.25, 0.3) is 11.3 Å². The van der Waals surface area contributed by atoms with Crippen LogP contribution in [0.1, 0.15) is 22.2 Å². The number of aryl methyl sites for hydroxylation is 1. The van der Waals surface area contributed by atoms with E-state index in [-0.39, 0.29) is 12.0 Å². The van der Waals surface area contributed by atoms with Gasteiger partial charge in [0.1, 0.15) is 5.69 Å². The third-order valence-corrected chi connectivity index (χ3v) is 4.65. The predicted octanol–water partition coefficient (Wildman–Crippen LogP) is 3.00. The molecule has 0 saturated carbocycles. The minimum atomic E-state index is -0.185. The van der Waals surface area contributed by atoms with E-state index in [1.54, 1.807) is 17.8 Å². The van der Waals surface area contributed by atoms with Gasteiger partial charge in [-0.1, -0.05) is 42.5 Å². The van der Waals surface area contributed by atoms with Crippen LogP contribution in [0.3, 0.4) is 0 Å². The van der Waals surface area contributed by atoms with Crippen molar-refractivity contribution in [3.05, 3.63) is 71.9 Å². The summed E-state index contributed by atoms with van der Waals surface area (Å²) in [4.78, 5) is 12.7. The van der Waals surface area contributed by atoms with Crippen LogP contribution in [0, 0.1) is 0 Å². The number of rotatable bonds is 4. The summed E-state index contributed by atoms with van der Waals surface area (Å²) in [5.41, 5.74) is 4.12. The first-order chi connectivity index (χ1) is 13.2. The van der Waals surface area contributed by atoms with Crippen LogP contribution in [0.15, 0.2) is 60.7 Å². The lowest BCUT2D eigenvalue weighted by molar-refractivity contribution is 0.0277. The fourth-order valence-corrected chi connectivity index (χ4v) is 3.19. The summed E-state index contributed by atoms with van der Waals surface area (Å²) in [6.45, 7) is 2.41. The number of carbonyl (C=O) groups excluding carboxylic acids is 1. The standard InChI is InChI=1S/C21H22N4O2/c1-25-19(13-18(24-25)15-5-3-2-4-6-15)21(26)23-17-9-7-16(8-10-17)20-14-22-11-12-27-20/h2-10,13,20,22H,11-12,14H2,1H3,(H,23,26). The summed E-state index contributed by atoms with van der Waals surface area (Å²) in [6.07, 6.45) is 0.0639. The van der Waals surface area contributed by atoms with E-state index >= 15 is 0 Å². The molecular weight excluding hydrogens is 340 g/mol. The number of nitrogens with one attached hydrogen (secondary N) is 2. The average molecular weight is 362 g/mol. The number of ether oxygens (including phenoxy) is 1. The Kier molecular flexibility index (Phi) is 5.00. The van der Waals surface area contributed by atoms with E-state index in [0.717, 1.165) is 35.6 Å². The van der Waals surface area contributed by atoms with E-state index in [0.29, 0.717) is 12.3 Å². The van der Waals surface area contributed by atoms with Gasteiger partial charge in [-0.2, -0.15) is 5.10 Å². The maximum absolute atomic E-state index is 12.7. The number of morpholine rings is 1. The summed E-state index contributed by atoms with van der Waals surface area (Å²) in [5.74, 6) is -0.185. The summed E-state index contributed by atoms with van der Waals surface area (Å²) >= 11 is 0. The first-order valence-electron chi connectivity index (χ1n) is 9.04. The van der Waals surface area contributed by atoms with Gasteiger partial charge in [-0.05, 0) is 23.8 Å². The highest BCUT2D eigenvalue weighted by molar-refractivity contribution is 6.03. The number of amides is 1. The van der Waals surface area contributed by atoms with Crippen molar-refractivity contribution in [2.24, 2.45) is 7.05 Å². The zero-order chi connectivity index (χ0) is 18.6. The second-order valence-corrected chi connectivity index (χ2v) is 6.54. The summed E-state index contributed by atoms with van der Waals surface area (Å²) in [5, 5.41) is 10.7. The van der Waals surface area contributed by atoms with Gasteiger partial charge in [0.25, 0.3) is 5.91 Å². The second kappa shape index (κ2) is 7.73. The van der Waals surface area contributed by atoms with E-state index in [1.165, 1.54) is 0 Å². The number of anilines is 1. The van der Waals surface area contributed by atoms with Crippen molar-refractivity contribution in [3.8, 4) is 11.3 Å². The first kappa shape index (κ1) is 17.5. The molecule has 1 unspecified atom stereocenters. The van der Waals surface area contributed by atoms with Crippen molar-refractivity contribution in [2.75, 3.05) is 25.0 Å². The van der Waals surface area contributed by atoms with Crippen molar-refractivity contribution in [1.29, 1.82) is 0 Å². The number of nitrogens with zero attached hydrogens (tertiary/aromatic N) is 2. The lowest BCUT2D eigenvalue weighted by Gasteiger charge is -2.24. The highest BCUT2D eigenvalue weighted by Gasteiger charge is 2.17. The quantitative estimate of drug-likeness (QED) is 0.749. The van der Waals surface area contributed by atoms with Crippen molar-refractivity contribution in [2.45, 2.75) is 6.10 Å². The van der Waals surface area contributed by atoms with Gasteiger partial charge >= 0.3 is 0 Å². The molecular formula is C21H22N4O2. The van der Waals surface area contributed by atoms with Gasteiger partial charge in [-0.25, -0.2) is 0 Å². The Morgan fingerprint density at radius 2 is 1.96 bits per heavy atom.